The number of Topliss-reactive ketones (excluding diaryl/α,β-unsaturated/α-hetero) is 1. The molecule has 0 amide bonds. The summed E-state index contributed by atoms with van der Waals surface area (Å²) in [5, 5.41) is 8.90. The van der Waals surface area contributed by atoms with Crippen molar-refractivity contribution in [3.05, 3.63) is 77.9 Å². The molecular weight excluding hydrogens is 362 g/mol. The topological polar surface area (TPSA) is 76.0 Å². The maximum atomic E-state index is 12.4. The lowest BCUT2D eigenvalue weighted by Crippen LogP contribution is -2.02. The van der Waals surface area contributed by atoms with E-state index in [1.165, 1.54) is 18.3 Å². The van der Waals surface area contributed by atoms with E-state index in [1.807, 2.05) is 24.3 Å². The van der Waals surface area contributed by atoms with Gasteiger partial charge in [-0.05, 0) is 54.6 Å². The van der Waals surface area contributed by atoms with Gasteiger partial charge in [-0.25, -0.2) is 4.79 Å². The molecule has 3 aromatic carbocycles. The van der Waals surface area contributed by atoms with Gasteiger partial charge < -0.3 is 9.84 Å². The molecule has 0 atom stereocenters. The van der Waals surface area contributed by atoms with E-state index in [0.717, 1.165) is 21.3 Å². The van der Waals surface area contributed by atoms with Gasteiger partial charge in [0.1, 0.15) is 11.5 Å². The molecule has 1 aliphatic heterocycles. The van der Waals surface area contributed by atoms with Crippen LogP contribution < -0.4 is 4.74 Å². The minimum Gasteiger partial charge on any atom is -0.478 e. The molecule has 5 nitrogen and oxygen atoms in total. The van der Waals surface area contributed by atoms with Gasteiger partial charge in [0, 0.05) is 5.56 Å². The summed E-state index contributed by atoms with van der Waals surface area (Å²) in [6.07, 6.45) is 1.24. The highest BCUT2D eigenvalue weighted by atomic mass is 32.2. The number of rotatable bonds is 4. The van der Waals surface area contributed by atoms with Crippen molar-refractivity contribution in [2.75, 3.05) is 0 Å². The zero-order valence-corrected chi connectivity index (χ0v) is 14.8. The van der Waals surface area contributed by atoms with Crippen LogP contribution in [0.5, 0.6) is 11.5 Å². The summed E-state index contributed by atoms with van der Waals surface area (Å²) >= 11 is 1.56. The van der Waals surface area contributed by atoms with Gasteiger partial charge in [0.05, 0.1) is 27.3 Å². The van der Waals surface area contributed by atoms with Crippen molar-refractivity contribution >= 4 is 35.4 Å². The molecule has 0 unspecified atom stereocenters. The fourth-order valence-corrected chi connectivity index (χ4v) is 3.57. The molecule has 27 heavy (non-hydrogen) atoms. The Labute approximate surface area is 159 Å². The summed E-state index contributed by atoms with van der Waals surface area (Å²) in [6.45, 7) is 0. The van der Waals surface area contributed by atoms with Gasteiger partial charge in [-0.15, -0.1) is 0 Å². The summed E-state index contributed by atoms with van der Waals surface area (Å²) < 4.78 is 5.86. The number of para-hydroxylation sites is 1. The average Bonchev–Trinajstić information content (AvgIpc) is 2.70. The predicted octanol–water partition coefficient (Wildman–Crippen LogP) is 5.23. The molecule has 0 aromatic heterocycles. The van der Waals surface area contributed by atoms with Gasteiger partial charge in [-0.2, -0.15) is 0 Å². The van der Waals surface area contributed by atoms with Crippen LogP contribution in [0.1, 0.15) is 20.7 Å². The van der Waals surface area contributed by atoms with Crippen molar-refractivity contribution < 1.29 is 19.4 Å². The Kier molecular flexibility index (Phi) is 4.48. The zero-order valence-electron chi connectivity index (χ0n) is 14.0. The molecule has 4 rings (SSSR count). The second-order valence-corrected chi connectivity index (χ2v) is 6.87. The van der Waals surface area contributed by atoms with Gasteiger partial charge in [0.15, 0.2) is 0 Å². The molecule has 1 N–H and O–H groups in total. The standard InChI is InChI=1S/C21H13NO4S/c23-16(12-22-15-8-5-13(6-9-15)21(24)25)14-7-10-18-20(11-14)27-19-4-2-1-3-17(19)26-18/h1-12H,(H,24,25). The largest absolute Gasteiger partial charge is 0.478 e. The monoisotopic (exact) mass is 375 g/mol. The molecule has 1 aliphatic rings. The lowest BCUT2D eigenvalue weighted by Gasteiger charge is -2.19. The molecule has 0 saturated carbocycles. The van der Waals surface area contributed by atoms with Crippen LogP contribution in [0.25, 0.3) is 0 Å². The van der Waals surface area contributed by atoms with E-state index >= 15 is 0 Å². The number of ketones is 1. The number of hydrogen-bond acceptors (Lipinski definition) is 5. The molecule has 6 heteroatoms. The number of hydrogen-bond donors (Lipinski definition) is 1. The van der Waals surface area contributed by atoms with Crippen LogP contribution in [-0.4, -0.2) is 23.1 Å². The molecule has 132 valence electrons. The maximum absolute atomic E-state index is 12.4. The highest BCUT2D eigenvalue weighted by Gasteiger charge is 2.18. The summed E-state index contributed by atoms with van der Waals surface area (Å²) in [4.78, 5) is 29.3. The highest BCUT2D eigenvalue weighted by molar-refractivity contribution is 7.99. The van der Waals surface area contributed by atoms with Crippen molar-refractivity contribution in [1.82, 2.24) is 0 Å². The molecule has 0 bridgehead atoms. The minimum atomic E-state index is -1.00. The quantitative estimate of drug-likeness (QED) is 0.391. The first-order valence-corrected chi connectivity index (χ1v) is 8.92. The van der Waals surface area contributed by atoms with E-state index in [1.54, 1.807) is 42.1 Å². The van der Waals surface area contributed by atoms with Crippen LogP contribution in [0.2, 0.25) is 0 Å². The fraction of sp³-hybridized carbons (Fsp3) is 0. The first-order valence-electron chi connectivity index (χ1n) is 8.11. The van der Waals surface area contributed by atoms with Gasteiger partial charge in [-0.1, -0.05) is 23.9 Å². The van der Waals surface area contributed by atoms with Gasteiger partial charge in [0.25, 0.3) is 0 Å². The second kappa shape index (κ2) is 7.09. The van der Waals surface area contributed by atoms with E-state index in [4.69, 9.17) is 9.84 Å². The van der Waals surface area contributed by atoms with Crippen LogP contribution in [-0.2, 0) is 0 Å². The highest BCUT2D eigenvalue weighted by Crippen LogP contribution is 2.46. The molecule has 3 aromatic rings. The number of ether oxygens (including phenoxy) is 1. The third-order valence-corrected chi connectivity index (χ3v) is 5.06. The van der Waals surface area contributed by atoms with Crippen molar-refractivity contribution in [3.8, 4) is 11.5 Å². The average molecular weight is 375 g/mol. The first-order chi connectivity index (χ1) is 13.1. The molecule has 0 aliphatic carbocycles. The molecule has 0 spiro atoms. The van der Waals surface area contributed by atoms with E-state index in [0.29, 0.717) is 11.3 Å². The number of aromatic carboxylic acids is 1. The molecule has 0 radical (unpaired) electrons. The lowest BCUT2D eigenvalue weighted by molar-refractivity contribution is 0.0696. The number of carboxylic acid groups (broad SMARTS) is 1. The fourth-order valence-electron chi connectivity index (χ4n) is 2.58. The Morgan fingerprint density at radius 2 is 1.59 bits per heavy atom. The lowest BCUT2D eigenvalue weighted by atomic mass is 10.1. The summed E-state index contributed by atoms with van der Waals surface area (Å²) in [6, 6.07) is 19.0. The van der Waals surface area contributed by atoms with Crippen LogP contribution in [0, 0.1) is 0 Å². The predicted molar refractivity (Wildman–Crippen MR) is 103 cm³/mol. The van der Waals surface area contributed by atoms with E-state index in [2.05, 4.69) is 4.99 Å². The molecular formula is C21H13NO4S. The molecule has 0 saturated heterocycles. The number of fused-ring (bicyclic) bond motifs is 2. The SMILES string of the molecule is O=C(O)c1ccc(N=CC(=O)c2ccc3c(c2)Sc2ccccc2O3)cc1. The Morgan fingerprint density at radius 1 is 0.889 bits per heavy atom. The van der Waals surface area contributed by atoms with Crippen LogP contribution in [0.4, 0.5) is 5.69 Å². The van der Waals surface area contributed by atoms with Crippen molar-refractivity contribution in [2.24, 2.45) is 4.99 Å². The Bertz CT molecular complexity index is 1070. The Balaban J connectivity index is 1.52. The van der Waals surface area contributed by atoms with Crippen LogP contribution >= 0.6 is 11.8 Å². The normalized spacial score (nSPS) is 12.1. The summed E-state index contributed by atoms with van der Waals surface area (Å²) in [5.74, 6) is 0.286. The third kappa shape index (κ3) is 3.61. The number of benzene rings is 3. The van der Waals surface area contributed by atoms with E-state index < -0.39 is 5.97 Å². The minimum absolute atomic E-state index is 0.173. The van der Waals surface area contributed by atoms with Gasteiger partial charge >= 0.3 is 5.97 Å². The van der Waals surface area contributed by atoms with E-state index in [-0.39, 0.29) is 11.3 Å². The van der Waals surface area contributed by atoms with Crippen LogP contribution in [0.15, 0.2) is 81.5 Å². The number of aliphatic imine (C=N–C) groups is 1. The van der Waals surface area contributed by atoms with E-state index in [9.17, 15) is 9.59 Å². The first kappa shape index (κ1) is 17.1. The smallest absolute Gasteiger partial charge is 0.335 e. The number of nitrogens with zero attached hydrogens (tertiary/aromatic N) is 1. The molecule has 0 fully saturated rings. The third-order valence-electron chi connectivity index (χ3n) is 3.96. The Morgan fingerprint density at radius 3 is 2.37 bits per heavy atom. The van der Waals surface area contributed by atoms with Crippen molar-refractivity contribution in [2.45, 2.75) is 9.79 Å². The Hall–Kier alpha value is -3.38. The summed E-state index contributed by atoms with van der Waals surface area (Å²) in [5.41, 5.74) is 1.19. The van der Waals surface area contributed by atoms with Gasteiger partial charge in [-0.3, -0.25) is 9.79 Å². The number of carbonyl (C=O) groups is 2. The second-order valence-electron chi connectivity index (χ2n) is 5.79. The number of carbonyl (C=O) groups excluding carboxylic acids is 1. The van der Waals surface area contributed by atoms with Crippen molar-refractivity contribution in [1.29, 1.82) is 0 Å². The van der Waals surface area contributed by atoms with Gasteiger partial charge in [0.2, 0.25) is 5.78 Å². The maximum Gasteiger partial charge on any atom is 0.335 e. The number of carboxylic acids is 1. The zero-order chi connectivity index (χ0) is 18.8. The molecule has 1 heterocycles. The summed E-state index contributed by atoms with van der Waals surface area (Å²) in [7, 11) is 0. The van der Waals surface area contributed by atoms with Crippen LogP contribution in [0.3, 0.4) is 0 Å². The van der Waals surface area contributed by atoms with Crippen molar-refractivity contribution in [3.63, 3.8) is 0 Å².